The van der Waals surface area contributed by atoms with Crippen molar-refractivity contribution >= 4 is 17.8 Å². The first-order valence-electron chi connectivity index (χ1n) is 9.65. The number of fused-ring (bicyclic) bond motifs is 1. The Hall–Kier alpha value is -3.20. The zero-order chi connectivity index (χ0) is 20.6. The van der Waals surface area contributed by atoms with Gasteiger partial charge in [-0.1, -0.05) is 31.0 Å². The van der Waals surface area contributed by atoms with Gasteiger partial charge in [-0.05, 0) is 25.3 Å². The molecule has 2 heterocycles. The first kappa shape index (κ1) is 20.5. The number of nitrogens with zero attached hydrogens (tertiary/aromatic N) is 2. The van der Waals surface area contributed by atoms with Crippen molar-refractivity contribution in [2.45, 2.75) is 44.6 Å². The summed E-state index contributed by atoms with van der Waals surface area (Å²) in [5.74, 6) is 0.328. The number of nitrogens with one attached hydrogen (secondary N) is 2. The molecule has 1 aromatic carbocycles. The van der Waals surface area contributed by atoms with E-state index in [4.69, 9.17) is 15.7 Å². The minimum atomic E-state index is -0.555. The number of nitrogens with two attached hydrogens (primary N) is 1. The molecular formula is C20H25N5O4. The van der Waals surface area contributed by atoms with Gasteiger partial charge in [-0.25, -0.2) is 15.4 Å². The fourth-order valence-electron chi connectivity index (χ4n) is 3.31. The molecule has 0 spiro atoms. The zero-order valence-corrected chi connectivity index (χ0v) is 16.1. The first-order chi connectivity index (χ1) is 14.1. The number of hydrogen-bond acceptors (Lipinski definition) is 7. The summed E-state index contributed by atoms with van der Waals surface area (Å²) in [4.78, 5) is 31.5. The number of aromatic nitrogens is 2. The van der Waals surface area contributed by atoms with Gasteiger partial charge in [0.1, 0.15) is 12.4 Å². The Labute approximate surface area is 168 Å². The topological polar surface area (TPSA) is 139 Å². The van der Waals surface area contributed by atoms with Gasteiger partial charge < -0.3 is 15.8 Å². The van der Waals surface area contributed by atoms with Crippen LogP contribution in [0.25, 0.3) is 0 Å². The molecule has 1 unspecified atom stereocenters. The number of primary amides is 1. The van der Waals surface area contributed by atoms with E-state index in [9.17, 15) is 9.59 Å². The Kier molecular flexibility index (Phi) is 6.96. The van der Waals surface area contributed by atoms with E-state index in [1.807, 2.05) is 24.3 Å². The molecule has 0 saturated carbocycles. The highest BCUT2D eigenvalue weighted by molar-refractivity contribution is 5.93. The second kappa shape index (κ2) is 9.83. The van der Waals surface area contributed by atoms with Crippen molar-refractivity contribution in [2.75, 3.05) is 11.9 Å². The van der Waals surface area contributed by atoms with Crippen molar-refractivity contribution in [2.24, 2.45) is 5.73 Å². The Morgan fingerprint density at radius 2 is 2.00 bits per heavy atom. The van der Waals surface area contributed by atoms with Gasteiger partial charge in [0.05, 0.1) is 17.3 Å². The Balaban J connectivity index is 1.59. The summed E-state index contributed by atoms with van der Waals surface area (Å²) in [5, 5.41) is 11.7. The Bertz CT molecular complexity index is 874. The second-order valence-electron chi connectivity index (χ2n) is 6.91. The van der Waals surface area contributed by atoms with Crippen molar-refractivity contribution in [3.8, 4) is 5.75 Å². The number of hydroxylamine groups is 1. The van der Waals surface area contributed by atoms with E-state index in [0.29, 0.717) is 36.7 Å². The minimum Gasteiger partial charge on any atom is -0.491 e. The van der Waals surface area contributed by atoms with Crippen molar-refractivity contribution in [1.29, 1.82) is 0 Å². The lowest BCUT2D eigenvalue weighted by Gasteiger charge is -2.13. The quantitative estimate of drug-likeness (QED) is 0.272. The molecule has 1 aliphatic rings. The van der Waals surface area contributed by atoms with Crippen LogP contribution in [0.1, 0.15) is 59.8 Å². The summed E-state index contributed by atoms with van der Waals surface area (Å²) < 4.78 is 5.67. The Morgan fingerprint density at radius 3 is 2.79 bits per heavy atom. The van der Waals surface area contributed by atoms with Gasteiger partial charge in [0.25, 0.3) is 5.91 Å². The smallest absolute Gasteiger partial charge is 0.252 e. The molecule has 1 atom stereocenters. The van der Waals surface area contributed by atoms with Crippen LogP contribution >= 0.6 is 0 Å². The number of hydrogen-bond donors (Lipinski definition) is 4. The zero-order valence-electron chi connectivity index (χ0n) is 16.1. The van der Waals surface area contributed by atoms with Gasteiger partial charge in [0.2, 0.25) is 11.9 Å². The molecule has 0 aliphatic carbocycles. The summed E-state index contributed by atoms with van der Waals surface area (Å²) >= 11 is 0. The SMILES string of the molecule is NC(=O)c1cnc(NC2COc3ccccc32)nc1CCCCCCC(=O)NO. The summed E-state index contributed by atoms with van der Waals surface area (Å²) in [6, 6.07) is 7.73. The number of unbranched alkanes of at least 4 members (excludes halogenated alkanes) is 3. The van der Waals surface area contributed by atoms with Gasteiger partial charge in [-0.15, -0.1) is 0 Å². The van der Waals surface area contributed by atoms with Crippen molar-refractivity contribution in [3.05, 3.63) is 47.3 Å². The van der Waals surface area contributed by atoms with E-state index < -0.39 is 5.91 Å². The van der Waals surface area contributed by atoms with Gasteiger partial charge >= 0.3 is 0 Å². The largest absolute Gasteiger partial charge is 0.491 e. The summed E-state index contributed by atoms with van der Waals surface area (Å²) in [7, 11) is 0. The van der Waals surface area contributed by atoms with Crippen LogP contribution in [0.5, 0.6) is 5.75 Å². The van der Waals surface area contributed by atoms with Gasteiger partial charge in [-0.3, -0.25) is 14.8 Å². The van der Waals surface area contributed by atoms with Crippen LogP contribution < -0.4 is 21.3 Å². The van der Waals surface area contributed by atoms with Crippen LogP contribution in [0.2, 0.25) is 0 Å². The van der Waals surface area contributed by atoms with E-state index in [-0.39, 0.29) is 18.4 Å². The fraction of sp³-hybridized carbons (Fsp3) is 0.400. The molecule has 9 nitrogen and oxygen atoms in total. The average molecular weight is 399 g/mol. The number of amides is 2. The predicted molar refractivity (Wildman–Crippen MR) is 106 cm³/mol. The Morgan fingerprint density at radius 1 is 1.21 bits per heavy atom. The molecule has 0 bridgehead atoms. The molecule has 2 aromatic rings. The highest BCUT2D eigenvalue weighted by atomic mass is 16.5. The van der Waals surface area contributed by atoms with E-state index in [0.717, 1.165) is 30.6 Å². The van der Waals surface area contributed by atoms with Gasteiger partial charge in [0, 0.05) is 18.2 Å². The monoisotopic (exact) mass is 399 g/mol. The molecule has 0 saturated heterocycles. The number of anilines is 1. The van der Waals surface area contributed by atoms with Gasteiger partial charge in [-0.2, -0.15) is 0 Å². The lowest BCUT2D eigenvalue weighted by molar-refractivity contribution is -0.129. The van der Waals surface area contributed by atoms with Crippen LogP contribution in [-0.2, 0) is 11.2 Å². The highest BCUT2D eigenvalue weighted by Crippen LogP contribution is 2.33. The van der Waals surface area contributed by atoms with Crippen LogP contribution in [0, 0.1) is 0 Å². The molecule has 1 aromatic heterocycles. The third-order valence-electron chi connectivity index (χ3n) is 4.83. The van der Waals surface area contributed by atoms with E-state index in [1.165, 1.54) is 6.20 Å². The molecule has 1 aliphatic heterocycles. The molecule has 154 valence electrons. The maximum Gasteiger partial charge on any atom is 0.252 e. The van der Waals surface area contributed by atoms with Gasteiger partial charge in [0.15, 0.2) is 0 Å². The van der Waals surface area contributed by atoms with Crippen LogP contribution in [0.3, 0.4) is 0 Å². The number of ether oxygens (including phenoxy) is 1. The maximum atomic E-state index is 11.7. The van der Waals surface area contributed by atoms with E-state index in [1.54, 1.807) is 5.48 Å². The number of carbonyl (C=O) groups excluding carboxylic acids is 2. The van der Waals surface area contributed by atoms with Crippen LogP contribution in [-0.4, -0.2) is 33.6 Å². The van der Waals surface area contributed by atoms with E-state index >= 15 is 0 Å². The third kappa shape index (κ3) is 5.41. The lowest BCUT2D eigenvalue weighted by Crippen LogP contribution is -2.19. The molecule has 3 rings (SSSR count). The number of aryl methyl sites for hydroxylation is 1. The number of carbonyl (C=O) groups is 2. The summed E-state index contributed by atoms with van der Waals surface area (Å²) in [6.07, 6.45) is 5.52. The van der Waals surface area contributed by atoms with Crippen molar-refractivity contribution in [3.63, 3.8) is 0 Å². The molecule has 5 N–H and O–H groups in total. The lowest BCUT2D eigenvalue weighted by atomic mass is 10.1. The third-order valence-corrected chi connectivity index (χ3v) is 4.83. The standard InChI is InChI=1S/C20H25N5O4/c21-19(27)14-11-22-20(24-16-12-29-17-9-6-5-7-13(16)17)23-15(14)8-3-1-2-4-10-18(26)25-28/h5-7,9,11,16,28H,1-4,8,10,12H2,(H2,21,27)(H,25,26)(H,22,23,24). The number of rotatable bonds is 10. The molecule has 29 heavy (non-hydrogen) atoms. The number of benzene rings is 1. The summed E-state index contributed by atoms with van der Waals surface area (Å²) in [6.45, 7) is 0.483. The second-order valence-corrected chi connectivity index (χ2v) is 6.91. The van der Waals surface area contributed by atoms with Crippen molar-refractivity contribution < 1.29 is 19.5 Å². The minimum absolute atomic E-state index is 0.0591. The van der Waals surface area contributed by atoms with Crippen molar-refractivity contribution in [1.82, 2.24) is 15.4 Å². The van der Waals surface area contributed by atoms with E-state index in [2.05, 4.69) is 15.3 Å². The summed E-state index contributed by atoms with van der Waals surface area (Å²) in [5.41, 5.74) is 9.05. The predicted octanol–water partition coefficient (Wildman–Crippen LogP) is 2.12. The average Bonchev–Trinajstić information content (AvgIpc) is 3.13. The molecule has 2 amide bonds. The first-order valence-corrected chi connectivity index (χ1v) is 9.65. The number of para-hydroxylation sites is 1. The van der Waals surface area contributed by atoms with Crippen LogP contribution in [0.4, 0.5) is 5.95 Å². The maximum absolute atomic E-state index is 11.7. The molecular weight excluding hydrogens is 374 g/mol. The van der Waals surface area contributed by atoms with Crippen LogP contribution in [0.15, 0.2) is 30.5 Å². The fourth-order valence-corrected chi connectivity index (χ4v) is 3.31. The molecule has 0 fully saturated rings. The normalized spacial score (nSPS) is 14.7. The molecule has 0 radical (unpaired) electrons. The highest BCUT2D eigenvalue weighted by Gasteiger charge is 2.24. The molecule has 9 heteroatoms.